The molecule has 0 saturated carbocycles. The third-order valence-electron chi connectivity index (χ3n) is 6.29. The molecule has 0 N–H and O–H groups in total. The maximum absolute atomic E-state index is 13.6. The SMILES string of the molecule is Cc1nn(C2CCS(=O)(=O)C2)c2nc(-c3ccco3)cc(C(=O)N3CCCCCC3)c12. The molecule has 1 amide bonds. The van der Waals surface area contributed by atoms with Gasteiger partial charge in [-0.1, -0.05) is 12.8 Å². The standard InChI is InChI=1S/C22H26N4O4S/c1-15-20-17(22(27)25-9-4-2-3-5-10-25)13-18(19-7-6-11-30-19)23-21(20)26(24-15)16-8-12-31(28,29)14-16/h6-7,11,13,16H,2-5,8-10,12,14H2,1H3. The van der Waals surface area contributed by atoms with Gasteiger partial charge in [0.15, 0.2) is 21.2 Å². The van der Waals surface area contributed by atoms with Gasteiger partial charge < -0.3 is 9.32 Å². The minimum Gasteiger partial charge on any atom is -0.463 e. The van der Waals surface area contributed by atoms with Crippen LogP contribution in [0.1, 0.15) is 54.2 Å². The van der Waals surface area contributed by atoms with E-state index < -0.39 is 9.84 Å². The average molecular weight is 443 g/mol. The van der Waals surface area contributed by atoms with E-state index in [9.17, 15) is 13.2 Å². The molecule has 0 spiro atoms. The fourth-order valence-electron chi connectivity index (χ4n) is 4.70. The van der Waals surface area contributed by atoms with E-state index in [0.717, 1.165) is 38.8 Å². The van der Waals surface area contributed by atoms with E-state index in [1.54, 1.807) is 23.1 Å². The molecule has 2 aliphatic rings. The molecule has 164 valence electrons. The highest BCUT2D eigenvalue weighted by Crippen LogP contribution is 2.33. The average Bonchev–Trinajstić information content (AvgIpc) is 3.42. The number of rotatable bonds is 3. The van der Waals surface area contributed by atoms with Crippen molar-refractivity contribution in [3.8, 4) is 11.5 Å². The summed E-state index contributed by atoms with van der Waals surface area (Å²) in [5.74, 6) is 0.737. The Labute approximate surface area is 181 Å². The minimum atomic E-state index is -3.09. The van der Waals surface area contributed by atoms with Gasteiger partial charge in [0.1, 0.15) is 5.69 Å². The van der Waals surface area contributed by atoms with Gasteiger partial charge in [0, 0.05) is 13.1 Å². The number of hydrogen-bond acceptors (Lipinski definition) is 6. The third-order valence-corrected chi connectivity index (χ3v) is 8.04. The molecular formula is C22H26N4O4S. The fourth-order valence-corrected chi connectivity index (χ4v) is 6.39. The first-order chi connectivity index (χ1) is 14.9. The van der Waals surface area contributed by atoms with Gasteiger partial charge in [0.25, 0.3) is 5.91 Å². The van der Waals surface area contributed by atoms with E-state index in [2.05, 4.69) is 5.10 Å². The number of aryl methyl sites for hydroxylation is 1. The van der Waals surface area contributed by atoms with Crippen LogP contribution in [0.4, 0.5) is 0 Å². The van der Waals surface area contributed by atoms with E-state index in [4.69, 9.17) is 9.40 Å². The molecule has 1 atom stereocenters. The Hall–Kier alpha value is -2.68. The number of nitrogens with zero attached hydrogens (tertiary/aromatic N) is 4. The molecule has 5 rings (SSSR count). The molecule has 3 aromatic heterocycles. The zero-order valence-corrected chi connectivity index (χ0v) is 18.4. The lowest BCUT2D eigenvalue weighted by Gasteiger charge is -2.21. The zero-order chi connectivity index (χ0) is 21.6. The van der Waals surface area contributed by atoms with Crippen molar-refractivity contribution in [1.29, 1.82) is 0 Å². The van der Waals surface area contributed by atoms with Crippen molar-refractivity contribution in [3.05, 3.63) is 35.7 Å². The van der Waals surface area contributed by atoms with Gasteiger partial charge in [-0.05, 0) is 44.4 Å². The fraction of sp³-hybridized carbons (Fsp3) is 0.500. The van der Waals surface area contributed by atoms with Gasteiger partial charge in [0.2, 0.25) is 0 Å². The highest BCUT2D eigenvalue weighted by Gasteiger charge is 2.33. The molecule has 0 bridgehead atoms. The molecule has 0 aliphatic carbocycles. The number of aromatic nitrogens is 3. The lowest BCUT2D eigenvalue weighted by molar-refractivity contribution is 0.0763. The van der Waals surface area contributed by atoms with Crippen molar-refractivity contribution in [2.45, 2.75) is 45.1 Å². The molecule has 9 heteroatoms. The van der Waals surface area contributed by atoms with Crippen LogP contribution >= 0.6 is 0 Å². The van der Waals surface area contributed by atoms with E-state index in [1.165, 1.54) is 0 Å². The summed E-state index contributed by atoms with van der Waals surface area (Å²) in [5.41, 5.74) is 2.35. The summed E-state index contributed by atoms with van der Waals surface area (Å²) >= 11 is 0. The second-order valence-electron chi connectivity index (χ2n) is 8.52. The highest BCUT2D eigenvalue weighted by atomic mass is 32.2. The van der Waals surface area contributed by atoms with Crippen LogP contribution in [0, 0.1) is 6.92 Å². The summed E-state index contributed by atoms with van der Waals surface area (Å²) in [7, 11) is -3.09. The van der Waals surface area contributed by atoms with Crippen LogP contribution in [0.15, 0.2) is 28.9 Å². The second-order valence-corrected chi connectivity index (χ2v) is 10.8. The summed E-state index contributed by atoms with van der Waals surface area (Å²) in [5, 5.41) is 5.36. The quantitative estimate of drug-likeness (QED) is 0.617. The van der Waals surface area contributed by atoms with E-state index >= 15 is 0 Å². The molecule has 0 radical (unpaired) electrons. The van der Waals surface area contributed by atoms with E-state index in [-0.39, 0.29) is 23.5 Å². The lowest BCUT2D eigenvalue weighted by atomic mass is 10.1. The summed E-state index contributed by atoms with van der Waals surface area (Å²) in [6.45, 7) is 3.34. The Kier molecular flexibility index (Phi) is 5.08. The van der Waals surface area contributed by atoms with Gasteiger partial charge >= 0.3 is 0 Å². The van der Waals surface area contributed by atoms with Crippen molar-refractivity contribution >= 4 is 26.8 Å². The molecule has 2 fully saturated rings. The predicted octanol–water partition coefficient (Wildman–Crippen LogP) is 3.38. The Morgan fingerprint density at radius 2 is 1.97 bits per heavy atom. The maximum atomic E-state index is 13.6. The number of amides is 1. The van der Waals surface area contributed by atoms with Crippen LogP contribution in [-0.4, -0.2) is 58.6 Å². The lowest BCUT2D eigenvalue weighted by Crippen LogP contribution is -2.32. The zero-order valence-electron chi connectivity index (χ0n) is 17.6. The third kappa shape index (κ3) is 3.75. The van der Waals surface area contributed by atoms with Crippen LogP contribution in [0.2, 0.25) is 0 Å². The molecular weight excluding hydrogens is 416 g/mol. The molecule has 31 heavy (non-hydrogen) atoms. The van der Waals surface area contributed by atoms with Crippen LogP contribution in [0.5, 0.6) is 0 Å². The maximum Gasteiger partial charge on any atom is 0.254 e. The van der Waals surface area contributed by atoms with Gasteiger partial charge in [-0.3, -0.25) is 4.79 Å². The van der Waals surface area contributed by atoms with Gasteiger partial charge in [-0.2, -0.15) is 5.10 Å². The Balaban J connectivity index is 1.68. The van der Waals surface area contributed by atoms with Gasteiger partial charge in [-0.15, -0.1) is 0 Å². The molecule has 8 nitrogen and oxygen atoms in total. The molecule has 5 heterocycles. The topological polar surface area (TPSA) is 98.3 Å². The first-order valence-electron chi connectivity index (χ1n) is 10.9. The number of hydrogen-bond donors (Lipinski definition) is 0. The second kappa shape index (κ2) is 7.78. The number of pyridine rings is 1. The number of carbonyl (C=O) groups is 1. The largest absolute Gasteiger partial charge is 0.463 e. The number of fused-ring (bicyclic) bond motifs is 1. The van der Waals surface area contributed by atoms with Crippen molar-refractivity contribution < 1.29 is 17.6 Å². The Morgan fingerprint density at radius 3 is 2.61 bits per heavy atom. The monoisotopic (exact) mass is 442 g/mol. The molecule has 0 aromatic carbocycles. The summed E-state index contributed by atoms with van der Waals surface area (Å²) in [6, 6.07) is 5.10. The molecule has 2 aliphatic heterocycles. The van der Waals surface area contributed by atoms with Gasteiger partial charge in [0.05, 0.1) is 40.5 Å². The number of likely N-dealkylation sites (tertiary alicyclic amines) is 1. The Morgan fingerprint density at radius 1 is 1.19 bits per heavy atom. The van der Waals surface area contributed by atoms with Crippen LogP contribution < -0.4 is 0 Å². The van der Waals surface area contributed by atoms with Crippen molar-refractivity contribution in [1.82, 2.24) is 19.7 Å². The highest BCUT2D eigenvalue weighted by molar-refractivity contribution is 7.91. The van der Waals surface area contributed by atoms with E-state index in [1.807, 2.05) is 17.9 Å². The van der Waals surface area contributed by atoms with E-state index in [0.29, 0.717) is 40.2 Å². The molecule has 2 saturated heterocycles. The first kappa shape index (κ1) is 20.2. The normalized spacial score (nSPS) is 21.5. The smallest absolute Gasteiger partial charge is 0.254 e. The summed E-state index contributed by atoms with van der Waals surface area (Å²) in [6.07, 6.45) is 6.36. The van der Waals surface area contributed by atoms with Crippen molar-refractivity contribution in [3.63, 3.8) is 0 Å². The van der Waals surface area contributed by atoms with Crippen molar-refractivity contribution in [2.75, 3.05) is 24.6 Å². The molecule has 1 unspecified atom stereocenters. The molecule has 3 aromatic rings. The van der Waals surface area contributed by atoms with Gasteiger partial charge in [-0.25, -0.2) is 18.1 Å². The van der Waals surface area contributed by atoms with Crippen LogP contribution in [0.25, 0.3) is 22.5 Å². The number of furan rings is 1. The minimum absolute atomic E-state index is 0.0243. The first-order valence-corrected chi connectivity index (χ1v) is 12.7. The van der Waals surface area contributed by atoms with Crippen molar-refractivity contribution in [2.24, 2.45) is 0 Å². The van der Waals surface area contributed by atoms with Crippen LogP contribution in [-0.2, 0) is 9.84 Å². The number of carbonyl (C=O) groups excluding carboxylic acids is 1. The number of sulfone groups is 1. The summed E-state index contributed by atoms with van der Waals surface area (Å²) < 4.78 is 31.4. The summed E-state index contributed by atoms with van der Waals surface area (Å²) in [4.78, 5) is 20.3. The Bertz CT molecular complexity index is 1220. The van der Waals surface area contributed by atoms with Crippen LogP contribution in [0.3, 0.4) is 0 Å². The predicted molar refractivity (Wildman–Crippen MR) is 117 cm³/mol.